The molecule has 134 valence electrons. The van der Waals surface area contributed by atoms with Crippen LogP contribution in [0.5, 0.6) is 0 Å². The van der Waals surface area contributed by atoms with E-state index in [4.69, 9.17) is 21.3 Å². The summed E-state index contributed by atoms with van der Waals surface area (Å²) >= 11 is 6.64. The van der Waals surface area contributed by atoms with Gasteiger partial charge in [-0.25, -0.2) is 4.98 Å². The van der Waals surface area contributed by atoms with Crippen molar-refractivity contribution in [2.24, 2.45) is 0 Å². The molecule has 2 fully saturated rings. The van der Waals surface area contributed by atoms with Crippen LogP contribution in [0, 0.1) is 6.92 Å². The van der Waals surface area contributed by atoms with Crippen molar-refractivity contribution >= 4 is 22.5 Å². The summed E-state index contributed by atoms with van der Waals surface area (Å²) in [5.74, 6) is 0. The van der Waals surface area contributed by atoms with E-state index < -0.39 is 0 Å². The standard InChI is InChI=1S/C20H26ClN3O/c1-15-17-6-2-3-7-18(17)22-19(20(15)21)14-24-10-8-23(9-11-24)13-16-5-4-12-25-16/h2-3,6-7,16H,4-5,8-14H2,1H3/p+2/t16-/m1/s1. The second-order valence-corrected chi connectivity index (χ2v) is 7.91. The maximum atomic E-state index is 6.64. The first-order valence-corrected chi connectivity index (χ1v) is 9.91. The Hall–Kier alpha value is -1.20. The Balaban J connectivity index is 1.40. The van der Waals surface area contributed by atoms with Gasteiger partial charge in [0.1, 0.15) is 51.1 Å². The van der Waals surface area contributed by atoms with Crippen molar-refractivity contribution in [1.82, 2.24) is 4.98 Å². The van der Waals surface area contributed by atoms with Crippen molar-refractivity contribution < 1.29 is 14.5 Å². The molecule has 4 nitrogen and oxygen atoms in total. The first-order valence-electron chi connectivity index (χ1n) is 9.53. The van der Waals surface area contributed by atoms with Gasteiger partial charge in [-0.05, 0) is 31.4 Å². The van der Waals surface area contributed by atoms with E-state index in [-0.39, 0.29) is 0 Å². The topological polar surface area (TPSA) is 31.0 Å². The Morgan fingerprint density at radius 2 is 1.92 bits per heavy atom. The molecule has 3 heterocycles. The molecule has 1 aromatic carbocycles. The largest absolute Gasteiger partial charge is 0.372 e. The number of fused-ring (bicyclic) bond motifs is 1. The molecule has 2 N–H and O–H groups in total. The number of ether oxygens (including phenoxy) is 1. The fraction of sp³-hybridized carbons (Fsp3) is 0.550. The third-order valence-corrected chi connectivity index (χ3v) is 6.27. The van der Waals surface area contributed by atoms with Crippen LogP contribution in [0.2, 0.25) is 5.02 Å². The third kappa shape index (κ3) is 3.82. The highest BCUT2D eigenvalue weighted by Crippen LogP contribution is 2.26. The molecule has 2 aliphatic rings. The van der Waals surface area contributed by atoms with Gasteiger partial charge in [-0.1, -0.05) is 29.8 Å². The number of para-hydroxylation sites is 1. The first-order chi connectivity index (χ1) is 12.2. The molecule has 5 heteroatoms. The number of aryl methyl sites for hydroxylation is 1. The van der Waals surface area contributed by atoms with E-state index in [0.29, 0.717) is 6.10 Å². The van der Waals surface area contributed by atoms with Gasteiger partial charge in [0.2, 0.25) is 0 Å². The van der Waals surface area contributed by atoms with Gasteiger partial charge in [0.15, 0.2) is 0 Å². The number of quaternary nitrogens is 2. The summed E-state index contributed by atoms with van der Waals surface area (Å²) in [6.07, 6.45) is 2.98. The number of nitrogens with one attached hydrogen (secondary N) is 2. The summed E-state index contributed by atoms with van der Waals surface area (Å²) in [5.41, 5.74) is 3.26. The normalized spacial score (nSPS) is 27.0. The number of rotatable bonds is 4. The molecule has 1 aromatic heterocycles. The molecular formula is C20H28ClN3O+2. The van der Waals surface area contributed by atoms with Gasteiger partial charge in [-0.2, -0.15) is 0 Å². The predicted octanol–water partition coefficient (Wildman–Crippen LogP) is 0.659. The van der Waals surface area contributed by atoms with Crippen LogP contribution in [0.15, 0.2) is 24.3 Å². The minimum atomic E-state index is 0.496. The number of hydrogen-bond acceptors (Lipinski definition) is 2. The first kappa shape index (κ1) is 17.2. The monoisotopic (exact) mass is 361 g/mol. The Bertz CT molecular complexity index is 737. The van der Waals surface area contributed by atoms with Crippen LogP contribution in [0.1, 0.15) is 24.1 Å². The van der Waals surface area contributed by atoms with E-state index >= 15 is 0 Å². The minimum absolute atomic E-state index is 0.496. The minimum Gasteiger partial charge on any atom is -0.372 e. The number of pyridine rings is 1. The highest BCUT2D eigenvalue weighted by Gasteiger charge is 2.28. The highest BCUT2D eigenvalue weighted by molar-refractivity contribution is 6.32. The molecule has 4 rings (SSSR count). The van der Waals surface area contributed by atoms with Gasteiger partial charge in [0, 0.05) is 12.0 Å². The average Bonchev–Trinajstić information content (AvgIpc) is 3.14. The van der Waals surface area contributed by atoms with Crippen LogP contribution in [0.25, 0.3) is 10.9 Å². The number of aromatic nitrogens is 1. The summed E-state index contributed by atoms with van der Waals surface area (Å²) in [6.45, 7) is 9.99. The third-order valence-electron chi connectivity index (χ3n) is 5.77. The van der Waals surface area contributed by atoms with E-state index in [9.17, 15) is 0 Å². The van der Waals surface area contributed by atoms with E-state index in [2.05, 4.69) is 19.1 Å². The maximum absolute atomic E-state index is 6.64. The number of piperazine rings is 1. The molecule has 25 heavy (non-hydrogen) atoms. The SMILES string of the molecule is Cc1c(Cl)c(C[NH+]2CC[NH+](C[C@H]3CCCO3)CC2)nc2ccccc12. The zero-order chi connectivity index (χ0) is 17.2. The van der Waals surface area contributed by atoms with Gasteiger partial charge in [0.05, 0.1) is 10.5 Å². The average molecular weight is 362 g/mol. The quantitative estimate of drug-likeness (QED) is 0.838. The van der Waals surface area contributed by atoms with Gasteiger partial charge in [0.25, 0.3) is 0 Å². The summed E-state index contributed by atoms with van der Waals surface area (Å²) in [6, 6.07) is 8.29. The lowest BCUT2D eigenvalue weighted by Gasteiger charge is -2.31. The lowest BCUT2D eigenvalue weighted by atomic mass is 10.1. The second kappa shape index (κ2) is 7.58. The van der Waals surface area contributed by atoms with Crippen LogP contribution in [0.4, 0.5) is 0 Å². The Kier molecular flexibility index (Phi) is 5.23. The molecule has 2 saturated heterocycles. The molecule has 2 aliphatic heterocycles. The Morgan fingerprint density at radius 3 is 2.68 bits per heavy atom. The van der Waals surface area contributed by atoms with E-state index in [1.165, 1.54) is 45.6 Å². The fourth-order valence-corrected chi connectivity index (χ4v) is 4.45. The van der Waals surface area contributed by atoms with Crippen molar-refractivity contribution in [1.29, 1.82) is 0 Å². The van der Waals surface area contributed by atoms with Crippen molar-refractivity contribution in [2.75, 3.05) is 39.3 Å². The van der Waals surface area contributed by atoms with Gasteiger partial charge in [-0.15, -0.1) is 0 Å². The molecule has 0 radical (unpaired) electrons. The lowest BCUT2D eigenvalue weighted by Crippen LogP contribution is -3.28. The molecule has 0 bridgehead atoms. The summed E-state index contributed by atoms with van der Waals surface area (Å²) < 4.78 is 5.79. The van der Waals surface area contributed by atoms with Crippen LogP contribution < -0.4 is 9.80 Å². The molecule has 0 aliphatic carbocycles. The van der Waals surface area contributed by atoms with E-state index in [1.54, 1.807) is 9.80 Å². The Labute approximate surface area is 154 Å². The summed E-state index contributed by atoms with van der Waals surface area (Å²) in [7, 11) is 0. The van der Waals surface area contributed by atoms with Crippen LogP contribution in [-0.2, 0) is 11.3 Å². The van der Waals surface area contributed by atoms with E-state index in [1.807, 2.05) is 12.1 Å². The molecule has 0 unspecified atom stereocenters. The molecule has 0 saturated carbocycles. The number of nitrogens with zero attached hydrogens (tertiary/aromatic N) is 1. The van der Waals surface area contributed by atoms with Crippen molar-refractivity contribution in [3.05, 3.63) is 40.5 Å². The Morgan fingerprint density at radius 1 is 1.16 bits per heavy atom. The molecular weight excluding hydrogens is 334 g/mol. The van der Waals surface area contributed by atoms with Crippen molar-refractivity contribution in [3.63, 3.8) is 0 Å². The van der Waals surface area contributed by atoms with Crippen LogP contribution in [0.3, 0.4) is 0 Å². The van der Waals surface area contributed by atoms with Gasteiger partial charge >= 0.3 is 0 Å². The predicted molar refractivity (Wildman–Crippen MR) is 100 cm³/mol. The number of benzene rings is 1. The molecule has 1 atom stereocenters. The van der Waals surface area contributed by atoms with E-state index in [0.717, 1.165) is 40.3 Å². The molecule has 0 amide bonds. The van der Waals surface area contributed by atoms with Gasteiger partial charge in [-0.3, -0.25) is 0 Å². The summed E-state index contributed by atoms with van der Waals surface area (Å²) in [4.78, 5) is 8.15. The number of halogens is 1. The van der Waals surface area contributed by atoms with Gasteiger partial charge < -0.3 is 14.5 Å². The lowest BCUT2D eigenvalue weighted by molar-refractivity contribution is -1.02. The van der Waals surface area contributed by atoms with Crippen molar-refractivity contribution in [2.45, 2.75) is 32.4 Å². The highest BCUT2D eigenvalue weighted by atomic mass is 35.5. The maximum Gasteiger partial charge on any atom is 0.127 e. The molecule has 2 aromatic rings. The van der Waals surface area contributed by atoms with Crippen molar-refractivity contribution in [3.8, 4) is 0 Å². The zero-order valence-electron chi connectivity index (χ0n) is 15.0. The molecule has 0 spiro atoms. The zero-order valence-corrected chi connectivity index (χ0v) is 15.7. The summed E-state index contributed by atoms with van der Waals surface area (Å²) in [5, 5.41) is 2.01. The van der Waals surface area contributed by atoms with Crippen LogP contribution >= 0.6 is 11.6 Å². The second-order valence-electron chi connectivity index (χ2n) is 7.53. The number of hydrogen-bond donors (Lipinski definition) is 2. The smallest absolute Gasteiger partial charge is 0.127 e. The fourth-order valence-electron chi connectivity index (χ4n) is 4.24. The van der Waals surface area contributed by atoms with Crippen LogP contribution in [-0.4, -0.2) is 50.4 Å².